The number of aromatic nitrogens is 1. The van der Waals surface area contributed by atoms with Crippen molar-refractivity contribution in [2.45, 2.75) is 32.9 Å². The van der Waals surface area contributed by atoms with Gasteiger partial charge in [0.15, 0.2) is 0 Å². The first kappa shape index (κ1) is 19.6. The molecule has 0 saturated heterocycles. The maximum Gasteiger partial charge on any atom is 0.258 e. The summed E-state index contributed by atoms with van der Waals surface area (Å²) in [5, 5.41) is 14.0. The van der Waals surface area contributed by atoms with Gasteiger partial charge in [-0.2, -0.15) is 0 Å². The molecule has 28 heavy (non-hydrogen) atoms. The van der Waals surface area contributed by atoms with Gasteiger partial charge in [0.1, 0.15) is 5.75 Å². The van der Waals surface area contributed by atoms with Crippen molar-refractivity contribution in [3.63, 3.8) is 0 Å². The largest absolute Gasteiger partial charge is 0.497 e. The molecule has 6 nitrogen and oxygen atoms in total. The summed E-state index contributed by atoms with van der Waals surface area (Å²) >= 11 is 0. The SMILES string of the molecule is COc1ccc(C(=O)Nc2cccc3c(=O)n(CC(C)(C)O)ccc23)c(C)c1. The Kier molecular flexibility index (Phi) is 5.25. The molecule has 146 valence electrons. The van der Waals surface area contributed by atoms with Gasteiger partial charge in [0.05, 0.1) is 19.3 Å². The molecule has 0 bridgehead atoms. The molecular formula is C22H24N2O4. The van der Waals surface area contributed by atoms with Gasteiger partial charge in [-0.1, -0.05) is 6.07 Å². The monoisotopic (exact) mass is 380 g/mol. The van der Waals surface area contributed by atoms with Crippen molar-refractivity contribution >= 4 is 22.4 Å². The van der Waals surface area contributed by atoms with Crippen LogP contribution in [0.1, 0.15) is 29.8 Å². The third-order valence-corrected chi connectivity index (χ3v) is 4.50. The van der Waals surface area contributed by atoms with Crippen molar-refractivity contribution in [3.05, 3.63) is 70.1 Å². The molecule has 0 spiro atoms. The summed E-state index contributed by atoms with van der Waals surface area (Å²) in [6.45, 7) is 5.33. The van der Waals surface area contributed by atoms with Gasteiger partial charge in [0, 0.05) is 28.2 Å². The van der Waals surface area contributed by atoms with Crippen molar-refractivity contribution in [2.75, 3.05) is 12.4 Å². The number of fused-ring (bicyclic) bond motifs is 1. The Morgan fingerprint density at radius 2 is 1.93 bits per heavy atom. The van der Waals surface area contributed by atoms with E-state index in [4.69, 9.17) is 4.74 Å². The van der Waals surface area contributed by atoms with E-state index in [1.165, 1.54) is 4.57 Å². The van der Waals surface area contributed by atoms with Crippen LogP contribution in [0.25, 0.3) is 10.8 Å². The summed E-state index contributed by atoms with van der Waals surface area (Å²) in [5.74, 6) is 0.430. The fourth-order valence-corrected chi connectivity index (χ4v) is 3.18. The van der Waals surface area contributed by atoms with E-state index in [9.17, 15) is 14.7 Å². The topological polar surface area (TPSA) is 80.6 Å². The summed E-state index contributed by atoms with van der Waals surface area (Å²) in [7, 11) is 1.58. The highest BCUT2D eigenvalue weighted by molar-refractivity contribution is 6.09. The molecule has 0 unspecified atom stereocenters. The summed E-state index contributed by atoms with van der Waals surface area (Å²) in [5.41, 5.74) is 0.675. The van der Waals surface area contributed by atoms with Crippen LogP contribution in [0.15, 0.2) is 53.5 Å². The molecule has 3 rings (SSSR count). The lowest BCUT2D eigenvalue weighted by molar-refractivity contribution is 0.0606. The first-order valence-electron chi connectivity index (χ1n) is 9.00. The Hall–Kier alpha value is -3.12. The number of rotatable bonds is 5. The van der Waals surface area contributed by atoms with Crippen LogP contribution in [-0.2, 0) is 6.54 Å². The zero-order valence-corrected chi connectivity index (χ0v) is 16.4. The number of pyridine rings is 1. The molecule has 0 aliphatic heterocycles. The predicted octanol–water partition coefficient (Wildman–Crippen LogP) is 3.34. The third-order valence-electron chi connectivity index (χ3n) is 4.50. The Morgan fingerprint density at radius 1 is 1.18 bits per heavy atom. The minimum atomic E-state index is -1.00. The van der Waals surface area contributed by atoms with Crippen LogP contribution in [0.2, 0.25) is 0 Å². The second kappa shape index (κ2) is 7.48. The number of aliphatic hydroxyl groups is 1. The predicted molar refractivity (Wildman–Crippen MR) is 110 cm³/mol. The number of ether oxygens (including phenoxy) is 1. The highest BCUT2D eigenvalue weighted by atomic mass is 16.5. The van der Waals surface area contributed by atoms with Gasteiger partial charge in [-0.3, -0.25) is 9.59 Å². The third kappa shape index (κ3) is 4.07. The van der Waals surface area contributed by atoms with Gasteiger partial charge in [-0.05, 0) is 62.7 Å². The van der Waals surface area contributed by atoms with Gasteiger partial charge in [0.2, 0.25) is 0 Å². The van der Waals surface area contributed by atoms with Crippen LogP contribution in [-0.4, -0.2) is 28.3 Å². The number of benzene rings is 2. The zero-order chi connectivity index (χ0) is 20.5. The maximum atomic E-state index is 12.8. The molecule has 0 aliphatic rings. The average molecular weight is 380 g/mol. The van der Waals surface area contributed by atoms with Gasteiger partial charge >= 0.3 is 0 Å². The summed E-state index contributed by atoms with van der Waals surface area (Å²) in [4.78, 5) is 25.5. The molecule has 0 atom stereocenters. The smallest absolute Gasteiger partial charge is 0.258 e. The highest BCUT2D eigenvalue weighted by Gasteiger charge is 2.17. The van der Waals surface area contributed by atoms with Crippen LogP contribution < -0.4 is 15.6 Å². The molecular weight excluding hydrogens is 356 g/mol. The summed E-state index contributed by atoms with van der Waals surface area (Å²) < 4.78 is 6.65. The number of nitrogens with zero attached hydrogens (tertiary/aromatic N) is 1. The molecule has 0 fully saturated rings. The van der Waals surface area contributed by atoms with Gasteiger partial charge < -0.3 is 19.7 Å². The number of amides is 1. The molecule has 1 amide bonds. The fraction of sp³-hybridized carbons (Fsp3) is 0.273. The van der Waals surface area contributed by atoms with Crippen molar-refractivity contribution < 1.29 is 14.6 Å². The molecule has 0 aliphatic carbocycles. The van der Waals surface area contributed by atoms with Crippen molar-refractivity contribution in [1.29, 1.82) is 0 Å². The average Bonchev–Trinajstić information content (AvgIpc) is 2.63. The van der Waals surface area contributed by atoms with E-state index in [2.05, 4.69) is 5.32 Å². The summed E-state index contributed by atoms with van der Waals surface area (Å²) in [6, 6.07) is 12.2. The van der Waals surface area contributed by atoms with Crippen LogP contribution in [0.4, 0.5) is 5.69 Å². The van der Waals surface area contributed by atoms with E-state index >= 15 is 0 Å². The number of carbonyl (C=O) groups excluding carboxylic acids is 1. The Bertz CT molecular complexity index is 1090. The van der Waals surface area contributed by atoms with Crippen LogP contribution in [0.5, 0.6) is 5.75 Å². The van der Waals surface area contributed by atoms with Gasteiger partial charge in [0.25, 0.3) is 11.5 Å². The Labute approximate surface area is 163 Å². The van der Waals surface area contributed by atoms with Gasteiger partial charge in [-0.25, -0.2) is 0 Å². The minimum Gasteiger partial charge on any atom is -0.497 e. The van der Waals surface area contributed by atoms with E-state index in [0.29, 0.717) is 27.8 Å². The standard InChI is InChI=1S/C22H24N2O4/c1-14-12-15(28-4)8-9-16(14)20(25)23-19-7-5-6-18-17(19)10-11-24(21(18)26)13-22(2,3)27/h5-12,27H,13H2,1-4H3,(H,23,25). The molecule has 0 radical (unpaired) electrons. The molecule has 1 aromatic heterocycles. The Balaban J connectivity index is 1.97. The second-order valence-electron chi connectivity index (χ2n) is 7.46. The van der Waals surface area contributed by atoms with Crippen molar-refractivity contribution in [1.82, 2.24) is 4.57 Å². The second-order valence-corrected chi connectivity index (χ2v) is 7.46. The van der Waals surface area contributed by atoms with Crippen molar-refractivity contribution in [3.8, 4) is 5.75 Å². The molecule has 2 aromatic carbocycles. The van der Waals surface area contributed by atoms with Crippen LogP contribution >= 0.6 is 0 Å². The zero-order valence-electron chi connectivity index (χ0n) is 16.4. The maximum absolute atomic E-state index is 12.8. The Morgan fingerprint density at radius 3 is 2.57 bits per heavy atom. The number of methoxy groups -OCH3 is 1. The number of hydrogen-bond acceptors (Lipinski definition) is 4. The highest BCUT2D eigenvalue weighted by Crippen LogP contribution is 2.23. The lowest BCUT2D eigenvalue weighted by atomic mass is 10.1. The lowest BCUT2D eigenvalue weighted by Crippen LogP contribution is -2.32. The van der Waals surface area contributed by atoms with Crippen LogP contribution in [0, 0.1) is 6.92 Å². The lowest BCUT2D eigenvalue weighted by Gasteiger charge is -2.19. The summed E-state index contributed by atoms with van der Waals surface area (Å²) in [6.07, 6.45) is 1.64. The van der Waals surface area contributed by atoms with Crippen molar-refractivity contribution in [2.24, 2.45) is 0 Å². The molecule has 0 saturated carbocycles. The number of nitrogens with one attached hydrogen (secondary N) is 1. The molecule has 3 aromatic rings. The van der Waals surface area contributed by atoms with Gasteiger partial charge in [-0.15, -0.1) is 0 Å². The normalized spacial score (nSPS) is 11.5. The van der Waals surface area contributed by atoms with Crippen LogP contribution in [0.3, 0.4) is 0 Å². The van der Waals surface area contributed by atoms with E-state index in [1.807, 2.05) is 6.92 Å². The molecule has 6 heteroatoms. The van der Waals surface area contributed by atoms with E-state index in [0.717, 1.165) is 5.56 Å². The first-order valence-corrected chi connectivity index (χ1v) is 9.00. The number of carbonyl (C=O) groups is 1. The van der Waals surface area contributed by atoms with E-state index in [1.54, 1.807) is 69.6 Å². The number of aryl methyl sites for hydroxylation is 1. The number of anilines is 1. The fourth-order valence-electron chi connectivity index (χ4n) is 3.18. The minimum absolute atomic E-state index is 0.184. The van der Waals surface area contributed by atoms with E-state index in [-0.39, 0.29) is 18.0 Å². The first-order chi connectivity index (χ1) is 13.2. The van der Waals surface area contributed by atoms with E-state index < -0.39 is 5.60 Å². The molecule has 2 N–H and O–H groups in total. The quantitative estimate of drug-likeness (QED) is 0.711. The molecule has 1 heterocycles. The number of hydrogen-bond donors (Lipinski definition) is 2.